The predicted molar refractivity (Wildman–Crippen MR) is 80.2 cm³/mol. The van der Waals surface area contributed by atoms with Gasteiger partial charge in [-0.15, -0.1) is 6.58 Å². The lowest BCUT2D eigenvalue weighted by Crippen LogP contribution is -2.26. The predicted octanol–water partition coefficient (Wildman–Crippen LogP) is 2.57. The fourth-order valence-corrected chi connectivity index (χ4v) is 1.89. The smallest absolute Gasteiger partial charge is 0.203 e. The Hall–Kier alpha value is -1.72. The summed E-state index contributed by atoms with van der Waals surface area (Å²) in [4.78, 5) is 0. The zero-order valence-electron chi connectivity index (χ0n) is 12.4. The second-order valence-electron chi connectivity index (χ2n) is 4.03. The summed E-state index contributed by atoms with van der Waals surface area (Å²) in [5.41, 5.74) is 3.60. The van der Waals surface area contributed by atoms with Crippen molar-refractivity contribution in [2.24, 2.45) is 5.84 Å². The number of benzene rings is 1. The van der Waals surface area contributed by atoms with E-state index >= 15 is 0 Å². The van der Waals surface area contributed by atoms with Gasteiger partial charge in [0, 0.05) is 0 Å². The molecular formula is C15H24N2O3. The van der Waals surface area contributed by atoms with Gasteiger partial charge in [-0.1, -0.05) is 6.08 Å². The first-order valence-electron chi connectivity index (χ1n) is 6.86. The molecular weight excluding hydrogens is 256 g/mol. The van der Waals surface area contributed by atoms with Crippen LogP contribution in [0.4, 0.5) is 0 Å². The number of nitrogens with two attached hydrogens (primary N) is 1. The van der Waals surface area contributed by atoms with E-state index in [0.29, 0.717) is 37.1 Å². The van der Waals surface area contributed by atoms with Gasteiger partial charge in [0.15, 0.2) is 11.5 Å². The van der Waals surface area contributed by atoms with Crippen molar-refractivity contribution in [2.75, 3.05) is 19.8 Å². The maximum atomic E-state index is 5.65. The largest absolute Gasteiger partial charge is 0.490 e. The fourth-order valence-electron chi connectivity index (χ4n) is 1.89. The topological polar surface area (TPSA) is 65.7 Å². The molecule has 3 N–H and O–H groups in total. The summed E-state index contributed by atoms with van der Waals surface area (Å²) < 4.78 is 16.9. The van der Waals surface area contributed by atoms with Crippen molar-refractivity contribution in [1.29, 1.82) is 0 Å². The van der Waals surface area contributed by atoms with Crippen molar-refractivity contribution in [2.45, 2.75) is 26.8 Å². The van der Waals surface area contributed by atoms with Crippen LogP contribution < -0.4 is 25.5 Å². The quantitative estimate of drug-likeness (QED) is 0.413. The molecule has 0 saturated heterocycles. The van der Waals surface area contributed by atoms with Gasteiger partial charge in [0.1, 0.15) is 0 Å². The van der Waals surface area contributed by atoms with E-state index in [0.717, 1.165) is 5.56 Å². The van der Waals surface area contributed by atoms with Gasteiger partial charge in [0.05, 0.1) is 25.9 Å². The zero-order valence-corrected chi connectivity index (χ0v) is 12.4. The van der Waals surface area contributed by atoms with Gasteiger partial charge < -0.3 is 14.2 Å². The first-order chi connectivity index (χ1) is 9.71. The van der Waals surface area contributed by atoms with E-state index in [-0.39, 0.29) is 6.04 Å². The molecule has 1 atom stereocenters. The second kappa shape index (κ2) is 8.45. The van der Waals surface area contributed by atoms with Crippen molar-refractivity contribution in [3.63, 3.8) is 0 Å². The molecule has 0 amide bonds. The van der Waals surface area contributed by atoms with Gasteiger partial charge in [-0.05, 0) is 38.5 Å². The first kappa shape index (κ1) is 16.3. The molecule has 20 heavy (non-hydrogen) atoms. The first-order valence-corrected chi connectivity index (χ1v) is 6.86. The molecule has 1 aromatic carbocycles. The van der Waals surface area contributed by atoms with Crippen molar-refractivity contribution < 1.29 is 14.2 Å². The highest BCUT2D eigenvalue weighted by molar-refractivity contribution is 5.55. The van der Waals surface area contributed by atoms with E-state index in [1.807, 2.05) is 32.9 Å². The average molecular weight is 280 g/mol. The molecule has 0 bridgehead atoms. The lowest BCUT2D eigenvalue weighted by atomic mass is 10.1. The van der Waals surface area contributed by atoms with E-state index in [9.17, 15) is 0 Å². The molecule has 0 fully saturated rings. The Bertz CT molecular complexity index is 408. The van der Waals surface area contributed by atoms with Gasteiger partial charge >= 0.3 is 0 Å². The summed E-state index contributed by atoms with van der Waals surface area (Å²) in [5.74, 6) is 7.45. The fraction of sp³-hybridized carbons (Fsp3) is 0.467. The number of ether oxygens (including phenoxy) is 3. The minimum Gasteiger partial charge on any atom is -0.490 e. The Morgan fingerprint density at radius 1 is 1.10 bits per heavy atom. The maximum absolute atomic E-state index is 5.65. The normalized spacial score (nSPS) is 11.8. The summed E-state index contributed by atoms with van der Waals surface area (Å²) in [6.07, 6.45) is 1.72. The molecule has 5 heteroatoms. The van der Waals surface area contributed by atoms with Crippen molar-refractivity contribution in [3.8, 4) is 17.2 Å². The van der Waals surface area contributed by atoms with E-state index in [2.05, 4.69) is 12.0 Å². The minimum absolute atomic E-state index is 0.177. The number of hydrogen-bond acceptors (Lipinski definition) is 5. The van der Waals surface area contributed by atoms with Crippen LogP contribution in [0.5, 0.6) is 17.2 Å². The Kier molecular flexibility index (Phi) is 6.90. The lowest BCUT2D eigenvalue weighted by molar-refractivity contribution is 0.260. The van der Waals surface area contributed by atoms with Gasteiger partial charge in [-0.2, -0.15) is 0 Å². The van der Waals surface area contributed by atoms with Crippen LogP contribution in [-0.4, -0.2) is 19.8 Å². The Morgan fingerprint density at radius 3 is 1.95 bits per heavy atom. The molecule has 0 aliphatic rings. The molecule has 1 rings (SSSR count). The number of hydrazine groups is 1. The second-order valence-corrected chi connectivity index (χ2v) is 4.03. The SMILES string of the molecule is C=CC(NN)c1cc(OCC)c(OCC)c(OCC)c1. The van der Waals surface area contributed by atoms with Crippen LogP contribution in [0.15, 0.2) is 24.8 Å². The Morgan fingerprint density at radius 2 is 1.60 bits per heavy atom. The third-order valence-electron chi connectivity index (χ3n) is 2.71. The summed E-state index contributed by atoms with van der Waals surface area (Å²) in [6.45, 7) is 11.2. The molecule has 0 aromatic heterocycles. The average Bonchev–Trinajstić information content (AvgIpc) is 2.44. The highest BCUT2D eigenvalue weighted by atomic mass is 16.5. The van der Waals surface area contributed by atoms with E-state index in [4.69, 9.17) is 20.1 Å². The molecule has 0 radical (unpaired) electrons. The summed E-state index contributed by atoms with van der Waals surface area (Å²) in [5, 5.41) is 0. The van der Waals surface area contributed by atoms with Gasteiger partial charge in [0.25, 0.3) is 0 Å². The summed E-state index contributed by atoms with van der Waals surface area (Å²) in [7, 11) is 0. The van der Waals surface area contributed by atoms with Crippen LogP contribution in [0.2, 0.25) is 0 Å². The maximum Gasteiger partial charge on any atom is 0.203 e. The number of rotatable bonds is 9. The van der Waals surface area contributed by atoms with E-state index in [1.54, 1.807) is 6.08 Å². The molecule has 0 saturated carbocycles. The highest BCUT2D eigenvalue weighted by Crippen LogP contribution is 2.40. The molecule has 1 unspecified atom stereocenters. The third kappa shape index (κ3) is 3.88. The highest BCUT2D eigenvalue weighted by Gasteiger charge is 2.17. The summed E-state index contributed by atoms with van der Waals surface area (Å²) >= 11 is 0. The Labute approximate surface area is 120 Å². The van der Waals surface area contributed by atoms with Crippen LogP contribution in [-0.2, 0) is 0 Å². The molecule has 0 heterocycles. The van der Waals surface area contributed by atoms with Crippen LogP contribution in [0, 0.1) is 0 Å². The lowest BCUT2D eigenvalue weighted by Gasteiger charge is -2.19. The molecule has 0 spiro atoms. The number of hydrogen-bond donors (Lipinski definition) is 2. The number of nitrogens with one attached hydrogen (secondary N) is 1. The molecule has 5 nitrogen and oxygen atoms in total. The minimum atomic E-state index is -0.177. The van der Waals surface area contributed by atoms with Crippen molar-refractivity contribution in [3.05, 3.63) is 30.4 Å². The molecule has 0 aliphatic carbocycles. The zero-order chi connectivity index (χ0) is 15.0. The van der Waals surface area contributed by atoms with Crippen LogP contribution in [0.3, 0.4) is 0 Å². The van der Waals surface area contributed by atoms with Crippen LogP contribution in [0.1, 0.15) is 32.4 Å². The van der Waals surface area contributed by atoms with E-state index in [1.165, 1.54) is 0 Å². The molecule has 112 valence electrons. The van der Waals surface area contributed by atoms with Crippen LogP contribution in [0.25, 0.3) is 0 Å². The van der Waals surface area contributed by atoms with Crippen LogP contribution >= 0.6 is 0 Å². The molecule has 1 aromatic rings. The standard InChI is InChI=1S/C15H24N2O3/c1-5-12(17-16)11-9-13(18-6-2)15(20-8-4)14(10-11)19-7-3/h5,9-10,12,17H,1,6-8,16H2,2-4H3. The third-order valence-corrected chi connectivity index (χ3v) is 2.71. The van der Waals surface area contributed by atoms with Crippen molar-refractivity contribution >= 4 is 0 Å². The van der Waals surface area contributed by atoms with Gasteiger partial charge in [0.2, 0.25) is 5.75 Å². The van der Waals surface area contributed by atoms with Gasteiger partial charge in [-0.3, -0.25) is 5.84 Å². The summed E-state index contributed by atoms with van der Waals surface area (Å²) in [6, 6.07) is 3.61. The van der Waals surface area contributed by atoms with Crippen molar-refractivity contribution in [1.82, 2.24) is 5.43 Å². The van der Waals surface area contributed by atoms with E-state index < -0.39 is 0 Å². The monoisotopic (exact) mass is 280 g/mol. The Balaban J connectivity index is 3.31. The molecule has 0 aliphatic heterocycles. The van der Waals surface area contributed by atoms with Gasteiger partial charge in [-0.25, -0.2) is 5.43 Å².